The summed E-state index contributed by atoms with van der Waals surface area (Å²) in [6, 6.07) is 11.3. The molecular formula is C28H40N2O6. The Balaban J connectivity index is 1.66. The third kappa shape index (κ3) is 10.1. The van der Waals surface area contributed by atoms with E-state index < -0.39 is 0 Å². The van der Waals surface area contributed by atoms with E-state index >= 15 is 0 Å². The lowest BCUT2D eigenvalue weighted by Crippen LogP contribution is -2.23. The third-order valence-electron chi connectivity index (χ3n) is 5.42. The Morgan fingerprint density at radius 3 is 1.44 bits per heavy atom. The molecule has 2 aromatic rings. The fourth-order valence-corrected chi connectivity index (χ4v) is 3.46. The summed E-state index contributed by atoms with van der Waals surface area (Å²) < 4.78 is 22.1. The average Bonchev–Trinajstić information content (AvgIpc) is 2.90. The summed E-state index contributed by atoms with van der Waals surface area (Å²) in [5.74, 6) is 2.62. The summed E-state index contributed by atoms with van der Waals surface area (Å²) in [5, 5.41) is 5.84. The van der Waals surface area contributed by atoms with Crippen molar-refractivity contribution in [3.05, 3.63) is 47.5 Å². The molecule has 0 heterocycles. The Kier molecular flexibility index (Phi) is 13.0. The fraction of sp³-hybridized carbons (Fsp3) is 0.500. The van der Waals surface area contributed by atoms with Crippen LogP contribution in [0.5, 0.6) is 23.0 Å². The number of benzene rings is 2. The van der Waals surface area contributed by atoms with Crippen molar-refractivity contribution in [1.29, 1.82) is 0 Å². The van der Waals surface area contributed by atoms with E-state index in [9.17, 15) is 9.59 Å². The summed E-state index contributed by atoms with van der Waals surface area (Å²) >= 11 is 0. The molecule has 8 nitrogen and oxygen atoms in total. The Hall–Kier alpha value is -3.42. The van der Waals surface area contributed by atoms with E-state index in [2.05, 4.69) is 10.6 Å². The van der Waals surface area contributed by atoms with Gasteiger partial charge < -0.3 is 29.6 Å². The predicted octanol–water partition coefficient (Wildman–Crippen LogP) is 4.77. The highest BCUT2D eigenvalue weighted by Gasteiger charge is 2.09. The molecule has 2 rings (SSSR count). The summed E-state index contributed by atoms with van der Waals surface area (Å²) in [6.45, 7) is 6.17. The number of carbonyl (C=O) groups is 2. The first-order valence-corrected chi connectivity index (χ1v) is 12.6. The number of rotatable bonds is 17. The van der Waals surface area contributed by atoms with E-state index in [-0.39, 0.29) is 11.8 Å². The number of nitrogens with one attached hydrogen (secondary N) is 2. The molecule has 0 saturated heterocycles. The summed E-state index contributed by atoms with van der Waals surface area (Å²) in [4.78, 5) is 24.4. The lowest BCUT2D eigenvalue weighted by Gasteiger charge is -2.12. The van der Waals surface area contributed by atoms with Gasteiger partial charge in [-0.05, 0) is 61.1 Å². The van der Waals surface area contributed by atoms with Crippen LogP contribution in [0.1, 0.15) is 63.5 Å². The molecule has 0 atom stereocenters. The first-order chi connectivity index (χ1) is 17.5. The maximum absolute atomic E-state index is 12.2. The molecule has 0 aliphatic carbocycles. The van der Waals surface area contributed by atoms with Crippen LogP contribution in [-0.2, 0) is 22.7 Å². The van der Waals surface area contributed by atoms with E-state index in [1.165, 1.54) is 0 Å². The van der Waals surface area contributed by atoms with Crippen molar-refractivity contribution in [1.82, 2.24) is 10.6 Å². The first-order valence-electron chi connectivity index (χ1n) is 12.6. The quantitative estimate of drug-likeness (QED) is 0.304. The number of ether oxygens (including phenoxy) is 4. The van der Waals surface area contributed by atoms with Crippen LogP contribution in [0, 0.1) is 0 Å². The van der Waals surface area contributed by atoms with Gasteiger partial charge in [0, 0.05) is 25.9 Å². The zero-order valence-electron chi connectivity index (χ0n) is 22.0. The van der Waals surface area contributed by atoms with Gasteiger partial charge in [-0.15, -0.1) is 0 Å². The molecule has 2 N–H and O–H groups in total. The van der Waals surface area contributed by atoms with Crippen molar-refractivity contribution >= 4 is 11.8 Å². The van der Waals surface area contributed by atoms with Gasteiger partial charge in [0.15, 0.2) is 23.0 Å². The zero-order valence-corrected chi connectivity index (χ0v) is 22.0. The van der Waals surface area contributed by atoms with Crippen molar-refractivity contribution in [2.75, 3.05) is 27.4 Å². The maximum atomic E-state index is 12.2. The van der Waals surface area contributed by atoms with Gasteiger partial charge in [-0.2, -0.15) is 0 Å². The second kappa shape index (κ2) is 16.3. The van der Waals surface area contributed by atoms with E-state index in [0.717, 1.165) is 24.0 Å². The van der Waals surface area contributed by atoms with Crippen molar-refractivity contribution < 1.29 is 28.5 Å². The monoisotopic (exact) mass is 500 g/mol. The van der Waals surface area contributed by atoms with Crippen LogP contribution in [0.3, 0.4) is 0 Å². The number of unbranched alkanes of at least 4 members (excludes halogenated alkanes) is 1. The maximum Gasteiger partial charge on any atom is 0.220 e. The minimum atomic E-state index is -0.0434. The molecule has 0 spiro atoms. The Morgan fingerprint density at radius 2 is 1.08 bits per heavy atom. The highest BCUT2D eigenvalue weighted by molar-refractivity contribution is 5.77. The molecule has 198 valence electrons. The summed E-state index contributed by atoms with van der Waals surface area (Å²) in [6.07, 6.45) is 3.87. The molecule has 0 saturated carbocycles. The average molecular weight is 501 g/mol. The molecule has 0 bridgehead atoms. The highest BCUT2D eigenvalue weighted by atomic mass is 16.5. The lowest BCUT2D eigenvalue weighted by molar-refractivity contribution is -0.123. The van der Waals surface area contributed by atoms with Crippen LogP contribution in [0.15, 0.2) is 36.4 Å². The van der Waals surface area contributed by atoms with Crippen LogP contribution >= 0.6 is 0 Å². The second-order valence-corrected chi connectivity index (χ2v) is 8.43. The van der Waals surface area contributed by atoms with Crippen molar-refractivity contribution in [3.8, 4) is 23.0 Å². The van der Waals surface area contributed by atoms with Gasteiger partial charge in [0.05, 0.1) is 27.4 Å². The standard InChI is InChI=1S/C28H40N2O6/c1-5-15-35-23-13-11-21(17-25(23)33-3)19-29-27(31)9-7-8-10-28(32)30-20-22-12-14-24(36-16-6-2)26(18-22)34-4/h11-14,17-18H,5-10,15-16,19-20H2,1-4H3,(H,29,31)(H,30,32). The molecule has 0 radical (unpaired) electrons. The molecule has 2 aromatic carbocycles. The molecule has 36 heavy (non-hydrogen) atoms. The SMILES string of the molecule is CCCOc1ccc(CNC(=O)CCCCC(=O)NCc2ccc(OCCC)c(OC)c2)cc1OC. The first kappa shape index (κ1) is 28.8. The molecule has 0 aromatic heterocycles. The zero-order chi connectivity index (χ0) is 26.2. The Morgan fingerprint density at radius 1 is 0.667 bits per heavy atom. The lowest BCUT2D eigenvalue weighted by atomic mass is 10.1. The minimum Gasteiger partial charge on any atom is -0.493 e. The van der Waals surface area contributed by atoms with Gasteiger partial charge in [0.1, 0.15) is 0 Å². The van der Waals surface area contributed by atoms with Crippen LogP contribution in [0.2, 0.25) is 0 Å². The second-order valence-electron chi connectivity index (χ2n) is 8.43. The van der Waals surface area contributed by atoms with Gasteiger partial charge in [-0.3, -0.25) is 9.59 Å². The number of hydrogen-bond donors (Lipinski definition) is 2. The number of amides is 2. The van der Waals surface area contributed by atoms with Crippen molar-refractivity contribution in [3.63, 3.8) is 0 Å². The normalized spacial score (nSPS) is 10.4. The van der Waals surface area contributed by atoms with Crippen LogP contribution in [0.4, 0.5) is 0 Å². The van der Waals surface area contributed by atoms with Gasteiger partial charge in [-0.1, -0.05) is 26.0 Å². The van der Waals surface area contributed by atoms with E-state index in [4.69, 9.17) is 18.9 Å². The fourth-order valence-electron chi connectivity index (χ4n) is 3.46. The summed E-state index contributed by atoms with van der Waals surface area (Å²) in [7, 11) is 3.20. The smallest absolute Gasteiger partial charge is 0.220 e. The largest absolute Gasteiger partial charge is 0.493 e. The molecule has 0 aliphatic heterocycles. The molecule has 8 heteroatoms. The van der Waals surface area contributed by atoms with Gasteiger partial charge >= 0.3 is 0 Å². The number of hydrogen-bond acceptors (Lipinski definition) is 6. The predicted molar refractivity (Wildman–Crippen MR) is 140 cm³/mol. The van der Waals surface area contributed by atoms with Crippen molar-refractivity contribution in [2.45, 2.75) is 65.5 Å². The van der Waals surface area contributed by atoms with E-state index in [1.807, 2.05) is 50.2 Å². The number of methoxy groups -OCH3 is 2. The topological polar surface area (TPSA) is 95.1 Å². The molecule has 0 aliphatic rings. The van der Waals surface area contributed by atoms with Gasteiger partial charge in [-0.25, -0.2) is 0 Å². The molecule has 0 unspecified atom stereocenters. The Bertz CT molecular complexity index is 886. The molecule has 2 amide bonds. The van der Waals surface area contributed by atoms with E-state index in [0.29, 0.717) is 75.0 Å². The van der Waals surface area contributed by atoms with Crippen LogP contribution in [0.25, 0.3) is 0 Å². The summed E-state index contributed by atoms with van der Waals surface area (Å²) in [5.41, 5.74) is 1.87. The Labute approximate surface area is 214 Å². The minimum absolute atomic E-state index is 0.0434. The third-order valence-corrected chi connectivity index (χ3v) is 5.42. The van der Waals surface area contributed by atoms with Crippen LogP contribution < -0.4 is 29.6 Å². The van der Waals surface area contributed by atoms with Gasteiger partial charge in [0.25, 0.3) is 0 Å². The number of carbonyl (C=O) groups excluding carboxylic acids is 2. The molecular weight excluding hydrogens is 460 g/mol. The van der Waals surface area contributed by atoms with E-state index in [1.54, 1.807) is 14.2 Å². The van der Waals surface area contributed by atoms with Gasteiger partial charge in [0.2, 0.25) is 11.8 Å². The molecule has 0 fully saturated rings. The highest BCUT2D eigenvalue weighted by Crippen LogP contribution is 2.29. The van der Waals surface area contributed by atoms with Crippen LogP contribution in [-0.4, -0.2) is 39.2 Å². The van der Waals surface area contributed by atoms with Crippen molar-refractivity contribution in [2.24, 2.45) is 0 Å².